The van der Waals surface area contributed by atoms with E-state index < -0.39 is 0 Å². The summed E-state index contributed by atoms with van der Waals surface area (Å²) in [7, 11) is 0. The summed E-state index contributed by atoms with van der Waals surface area (Å²) in [5.41, 5.74) is 7.98. The second-order valence-corrected chi connectivity index (χ2v) is 4.20. The van der Waals surface area contributed by atoms with Crippen LogP contribution in [0.1, 0.15) is 32.8 Å². The van der Waals surface area contributed by atoms with Crippen LogP contribution in [0.15, 0.2) is 12.1 Å². The van der Waals surface area contributed by atoms with Gasteiger partial charge in [0, 0.05) is 12.6 Å². The van der Waals surface area contributed by atoms with Crippen molar-refractivity contribution in [2.75, 3.05) is 17.2 Å². The molecule has 0 saturated heterocycles. The third kappa shape index (κ3) is 2.46. The number of rotatable bonds is 4. The molecule has 0 aliphatic carbocycles. The minimum Gasteiger partial charge on any atom is -0.397 e. The van der Waals surface area contributed by atoms with Gasteiger partial charge in [-0.2, -0.15) is 0 Å². The molecule has 0 aromatic heterocycles. The van der Waals surface area contributed by atoms with Crippen molar-refractivity contribution in [2.45, 2.75) is 40.2 Å². The molecule has 0 saturated carbocycles. The lowest BCUT2D eigenvalue weighted by atomic mass is 10.1. The molecule has 0 bridgehead atoms. The summed E-state index contributed by atoms with van der Waals surface area (Å²) in [6.07, 6.45) is 1.05. The minimum atomic E-state index is -0.235. The molecule has 2 N–H and O–H groups in total. The van der Waals surface area contributed by atoms with Crippen molar-refractivity contribution in [2.24, 2.45) is 0 Å². The van der Waals surface area contributed by atoms with Gasteiger partial charge >= 0.3 is 0 Å². The highest BCUT2D eigenvalue weighted by molar-refractivity contribution is 5.69. The molecular weight excluding hydrogens is 203 g/mol. The molecule has 1 aromatic carbocycles. The first kappa shape index (κ1) is 12.8. The predicted molar refractivity (Wildman–Crippen MR) is 68.3 cm³/mol. The van der Waals surface area contributed by atoms with E-state index in [0.717, 1.165) is 18.7 Å². The van der Waals surface area contributed by atoms with E-state index in [0.29, 0.717) is 17.3 Å². The third-order valence-electron chi connectivity index (χ3n) is 3.08. The summed E-state index contributed by atoms with van der Waals surface area (Å²) >= 11 is 0. The standard InChI is InChI=1S/C13H21FN2/c1-5-10(4)16(6-2)13-7-9(3)11(14)8-12(13)15/h7-8,10H,5-6,15H2,1-4H3. The fourth-order valence-electron chi connectivity index (χ4n) is 1.87. The summed E-state index contributed by atoms with van der Waals surface area (Å²) in [6, 6.07) is 3.66. The van der Waals surface area contributed by atoms with E-state index in [2.05, 4.69) is 25.7 Å². The first-order valence-corrected chi connectivity index (χ1v) is 5.83. The van der Waals surface area contributed by atoms with Crippen molar-refractivity contribution >= 4 is 11.4 Å². The van der Waals surface area contributed by atoms with Crippen molar-refractivity contribution in [3.63, 3.8) is 0 Å². The first-order chi connectivity index (χ1) is 7.51. The Kier molecular flexibility index (Phi) is 4.16. The van der Waals surface area contributed by atoms with Gasteiger partial charge in [-0.3, -0.25) is 0 Å². The van der Waals surface area contributed by atoms with Crippen molar-refractivity contribution in [1.82, 2.24) is 0 Å². The van der Waals surface area contributed by atoms with Crippen molar-refractivity contribution in [1.29, 1.82) is 0 Å². The number of anilines is 2. The zero-order valence-electron chi connectivity index (χ0n) is 10.5. The highest BCUT2D eigenvalue weighted by atomic mass is 19.1. The zero-order chi connectivity index (χ0) is 12.3. The highest BCUT2D eigenvalue weighted by Crippen LogP contribution is 2.28. The van der Waals surface area contributed by atoms with Gasteiger partial charge in [-0.1, -0.05) is 6.92 Å². The van der Waals surface area contributed by atoms with Crippen molar-refractivity contribution in [3.8, 4) is 0 Å². The Balaban J connectivity index is 3.15. The van der Waals surface area contributed by atoms with Gasteiger partial charge in [-0.15, -0.1) is 0 Å². The Morgan fingerprint density at radius 2 is 2.00 bits per heavy atom. The van der Waals surface area contributed by atoms with Gasteiger partial charge in [-0.05, 0) is 44.9 Å². The first-order valence-electron chi connectivity index (χ1n) is 5.83. The summed E-state index contributed by atoms with van der Waals surface area (Å²) in [4.78, 5) is 2.21. The predicted octanol–water partition coefficient (Wildman–Crippen LogP) is 3.34. The van der Waals surface area contributed by atoms with Gasteiger partial charge in [0.25, 0.3) is 0 Å². The summed E-state index contributed by atoms with van der Waals surface area (Å²) in [6.45, 7) is 9.03. The lowest BCUT2D eigenvalue weighted by Crippen LogP contribution is -2.33. The van der Waals surface area contributed by atoms with Crippen molar-refractivity contribution in [3.05, 3.63) is 23.5 Å². The van der Waals surface area contributed by atoms with Crippen LogP contribution in [0.25, 0.3) is 0 Å². The van der Waals surface area contributed by atoms with Gasteiger partial charge in [0.05, 0.1) is 11.4 Å². The molecule has 2 nitrogen and oxygen atoms in total. The Morgan fingerprint density at radius 3 is 2.50 bits per heavy atom. The number of halogens is 1. The van der Waals surface area contributed by atoms with Crippen LogP contribution in [0.3, 0.4) is 0 Å². The molecule has 0 heterocycles. The lowest BCUT2D eigenvalue weighted by Gasteiger charge is -2.31. The molecule has 1 unspecified atom stereocenters. The Labute approximate surface area is 97.3 Å². The van der Waals surface area contributed by atoms with Crippen LogP contribution < -0.4 is 10.6 Å². The Hall–Kier alpha value is -1.25. The summed E-state index contributed by atoms with van der Waals surface area (Å²) < 4.78 is 13.3. The summed E-state index contributed by atoms with van der Waals surface area (Å²) in [5, 5.41) is 0. The van der Waals surface area contributed by atoms with Gasteiger partial charge in [0.1, 0.15) is 5.82 Å². The largest absolute Gasteiger partial charge is 0.397 e. The number of hydrogen-bond donors (Lipinski definition) is 1. The molecule has 1 rings (SSSR count). The van der Waals surface area contributed by atoms with E-state index in [9.17, 15) is 4.39 Å². The van der Waals surface area contributed by atoms with Crippen LogP contribution in [-0.4, -0.2) is 12.6 Å². The van der Waals surface area contributed by atoms with Crippen LogP contribution in [0.5, 0.6) is 0 Å². The SMILES string of the molecule is CCC(C)N(CC)c1cc(C)c(F)cc1N. The van der Waals surface area contributed by atoms with Gasteiger partial charge in [0.15, 0.2) is 0 Å². The van der Waals surface area contributed by atoms with Gasteiger partial charge in [0.2, 0.25) is 0 Å². The molecule has 0 radical (unpaired) electrons. The topological polar surface area (TPSA) is 29.3 Å². The molecule has 1 aromatic rings. The van der Waals surface area contributed by atoms with E-state index in [1.165, 1.54) is 6.07 Å². The number of nitrogen functional groups attached to an aromatic ring is 1. The molecule has 0 aliphatic heterocycles. The average molecular weight is 224 g/mol. The van der Waals surface area contributed by atoms with Gasteiger partial charge < -0.3 is 10.6 Å². The molecule has 90 valence electrons. The van der Waals surface area contributed by atoms with Crippen LogP contribution in [-0.2, 0) is 0 Å². The molecule has 0 aliphatic rings. The maximum Gasteiger partial charge on any atom is 0.128 e. The number of benzene rings is 1. The van der Waals surface area contributed by atoms with E-state index >= 15 is 0 Å². The normalized spacial score (nSPS) is 12.6. The summed E-state index contributed by atoms with van der Waals surface area (Å²) in [5.74, 6) is -0.235. The Morgan fingerprint density at radius 1 is 1.38 bits per heavy atom. The number of aryl methyl sites for hydroxylation is 1. The van der Waals surface area contributed by atoms with E-state index in [1.54, 1.807) is 6.92 Å². The highest BCUT2D eigenvalue weighted by Gasteiger charge is 2.15. The second kappa shape index (κ2) is 5.19. The van der Waals surface area contributed by atoms with E-state index in [1.807, 2.05) is 6.07 Å². The second-order valence-electron chi connectivity index (χ2n) is 4.20. The van der Waals surface area contributed by atoms with Crippen LogP contribution in [0.2, 0.25) is 0 Å². The van der Waals surface area contributed by atoms with E-state index in [-0.39, 0.29) is 5.82 Å². The average Bonchev–Trinajstić information content (AvgIpc) is 2.26. The van der Waals surface area contributed by atoms with Crippen LogP contribution in [0, 0.1) is 12.7 Å². The minimum absolute atomic E-state index is 0.235. The third-order valence-corrected chi connectivity index (χ3v) is 3.08. The number of nitrogens with two attached hydrogens (primary N) is 1. The maximum absolute atomic E-state index is 13.3. The van der Waals surface area contributed by atoms with Crippen molar-refractivity contribution < 1.29 is 4.39 Å². The molecule has 3 heteroatoms. The molecule has 0 amide bonds. The smallest absolute Gasteiger partial charge is 0.128 e. The Bertz CT molecular complexity index is 363. The van der Waals surface area contributed by atoms with Crippen LogP contribution >= 0.6 is 0 Å². The fraction of sp³-hybridized carbons (Fsp3) is 0.538. The number of nitrogens with zero attached hydrogens (tertiary/aromatic N) is 1. The zero-order valence-corrected chi connectivity index (χ0v) is 10.5. The fourth-order valence-corrected chi connectivity index (χ4v) is 1.87. The lowest BCUT2D eigenvalue weighted by molar-refractivity contribution is 0.612. The molecule has 0 fully saturated rings. The van der Waals surface area contributed by atoms with E-state index in [4.69, 9.17) is 5.73 Å². The molecule has 0 spiro atoms. The number of hydrogen-bond acceptors (Lipinski definition) is 2. The monoisotopic (exact) mass is 224 g/mol. The molecule has 1 atom stereocenters. The maximum atomic E-state index is 13.3. The quantitative estimate of drug-likeness (QED) is 0.795. The molecular formula is C13H21FN2. The molecule has 16 heavy (non-hydrogen) atoms. The van der Waals surface area contributed by atoms with Crippen LogP contribution in [0.4, 0.5) is 15.8 Å². The van der Waals surface area contributed by atoms with Gasteiger partial charge in [-0.25, -0.2) is 4.39 Å².